The molecule has 15 heavy (non-hydrogen) atoms. The molecule has 1 aromatic heterocycles. The summed E-state index contributed by atoms with van der Waals surface area (Å²) in [7, 11) is 0. The van der Waals surface area contributed by atoms with Crippen molar-refractivity contribution in [1.29, 1.82) is 0 Å². The minimum Gasteiger partial charge on any atom is -0.423 e. The van der Waals surface area contributed by atoms with Gasteiger partial charge in [-0.05, 0) is 19.3 Å². The molecular weight excluding hydrogens is 194 g/mol. The van der Waals surface area contributed by atoms with Crippen LogP contribution in [-0.4, -0.2) is 27.5 Å². The highest BCUT2D eigenvalue weighted by molar-refractivity contribution is 5.53. The molecule has 2 saturated heterocycles. The molecule has 4 rings (SSSR count). The van der Waals surface area contributed by atoms with E-state index in [2.05, 4.69) is 10.2 Å². The Morgan fingerprint density at radius 2 is 2.47 bits per heavy atom. The Hall–Kier alpha value is -1.39. The summed E-state index contributed by atoms with van der Waals surface area (Å²) in [4.78, 5) is 12.9. The maximum absolute atomic E-state index is 11.0. The maximum Gasteiger partial charge on any atom is 0.242 e. The Bertz CT molecular complexity index is 399. The summed E-state index contributed by atoms with van der Waals surface area (Å²) in [6, 6.07) is 0.392. The van der Waals surface area contributed by atoms with Crippen LogP contribution in [-0.2, 0) is 10.3 Å². The third-order valence-electron chi connectivity index (χ3n) is 3.63. The standard InChI is InChI=1S/C10H13N3O2/c1-7-11-12-9(15-7)10-4-2-3-8(5-10)13(10)6-14/h6,8H,2-5H2,1H3/t8-,10?/m1/s1. The fourth-order valence-electron chi connectivity index (χ4n) is 2.91. The molecule has 0 aromatic carbocycles. The zero-order chi connectivity index (χ0) is 10.5. The van der Waals surface area contributed by atoms with Gasteiger partial charge in [0.05, 0.1) is 0 Å². The van der Waals surface area contributed by atoms with Crippen molar-refractivity contribution in [2.45, 2.75) is 44.2 Å². The van der Waals surface area contributed by atoms with Crippen LogP contribution in [0.2, 0.25) is 0 Å². The number of piperidine rings is 1. The van der Waals surface area contributed by atoms with Gasteiger partial charge < -0.3 is 9.32 Å². The van der Waals surface area contributed by atoms with Gasteiger partial charge in [-0.15, -0.1) is 10.2 Å². The molecule has 1 saturated carbocycles. The lowest BCUT2D eigenvalue weighted by molar-refractivity contribution is -0.159. The Balaban J connectivity index is 1.99. The molecule has 0 spiro atoms. The number of hydrogen-bond acceptors (Lipinski definition) is 4. The highest BCUT2D eigenvalue weighted by Crippen LogP contribution is 2.52. The van der Waals surface area contributed by atoms with Crippen molar-refractivity contribution in [3.8, 4) is 0 Å². The average Bonchev–Trinajstić information content (AvgIpc) is 2.66. The van der Waals surface area contributed by atoms with E-state index in [9.17, 15) is 4.79 Å². The van der Waals surface area contributed by atoms with Crippen molar-refractivity contribution in [3.05, 3.63) is 11.8 Å². The van der Waals surface area contributed by atoms with Crippen LogP contribution >= 0.6 is 0 Å². The molecule has 0 N–H and O–H groups in total. The molecule has 3 fully saturated rings. The quantitative estimate of drug-likeness (QED) is 0.678. The van der Waals surface area contributed by atoms with Gasteiger partial charge in [0.15, 0.2) is 0 Å². The number of nitrogens with zero attached hydrogens (tertiary/aromatic N) is 3. The molecule has 1 unspecified atom stereocenters. The van der Waals surface area contributed by atoms with Crippen molar-refractivity contribution in [3.63, 3.8) is 0 Å². The molecule has 3 aliphatic rings. The first-order chi connectivity index (χ1) is 7.26. The zero-order valence-electron chi connectivity index (χ0n) is 8.64. The molecule has 1 amide bonds. The summed E-state index contributed by atoms with van der Waals surface area (Å²) >= 11 is 0. The number of aryl methyl sites for hydroxylation is 1. The van der Waals surface area contributed by atoms with E-state index in [0.29, 0.717) is 17.8 Å². The predicted molar refractivity (Wildman–Crippen MR) is 50.9 cm³/mol. The summed E-state index contributed by atoms with van der Waals surface area (Å²) in [6.45, 7) is 1.78. The van der Waals surface area contributed by atoms with Gasteiger partial charge in [0, 0.05) is 19.4 Å². The van der Waals surface area contributed by atoms with Crippen LogP contribution in [0.5, 0.6) is 0 Å². The average molecular weight is 207 g/mol. The van der Waals surface area contributed by atoms with Crippen LogP contribution in [0.15, 0.2) is 4.42 Å². The normalized spacial score (nSPS) is 33.7. The second-order valence-corrected chi connectivity index (χ2v) is 4.42. The van der Waals surface area contributed by atoms with E-state index in [0.717, 1.165) is 32.1 Å². The Kier molecular flexibility index (Phi) is 1.66. The molecule has 5 nitrogen and oxygen atoms in total. The van der Waals surface area contributed by atoms with Crippen LogP contribution in [0.3, 0.4) is 0 Å². The molecule has 5 heteroatoms. The largest absolute Gasteiger partial charge is 0.423 e. The van der Waals surface area contributed by atoms with E-state index in [1.54, 1.807) is 6.92 Å². The molecular formula is C10H13N3O2. The highest BCUT2D eigenvalue weighted by atomic mass is 16.4. The monoisotopic (exact) mass is 207 g/mol. The van der Waals surface area contributed by atoms with E-state index in [1.165, 1.54) is 0 Å². The minimum absolute atomic E-state index is 0.272. The van der Waals surface area contributed by atoms with Crippen LogP contribution in [0.4, 0.5) is 0 Å². The third kappa shape index (κ3) is 1.00. The SMILES string of the molecule is Cc1nnc(C23CCC[C@H](C2)N3C=O)o1. The topological polar surface area (TPSA) is 59.2 Å². The molecule has 80 valence electrons. The fourth-order valence-corrected chi connectivity index (χ4v) is 2.91. The lowest BCUT2D eigenvalue weighted by atomic mass is 9.68. The Morgan fingerprint density at radius 3 is 3.07 bits per heavy atom. The van der Waals surface area contributed by atoms with E-state index >= 15 is 0 Å². The number of carbonyl (C=O) groups excluding carboxylic acids is 1. The number of aromatic nitrogens is 2. The molecule has 0 radical (unpaired) electrons. The van der Waals surface area contributed by atoms with Gasteiger partial charge in [0.25, 0.3) is 0 Å². The number of hydrogen-bond donors (Lipinski definition) is 0. The molecule has 2 bridgehead atoms. The summed E-state index contributed by atoms with van der Waals surface area (Å²) in [5, 5.41) is 7.90. The molecule has 2 aliphatic heterocycles. The van der Waals surface area contributed by atoms with Crippen LogP contribution < -0.4 is 0 Å². The van der Waals surface area contributed by atoms with Crippen molar-refractivity contribution in [2.24, 2.45) is 0 Å². The highest BCUT2D eigenvalue weighted by Gasteiger charge is 2.57. The van der Waals surface area contributed by atoms with E-state index in [-0.39, 0.29) is 5.54 Å². The van der Waals surface area contributed by atoms with E-state index in [1.807, 2.05) is 4.90 Å². The van der Waals surface area contributed by atoms with Crippen LogP contribution in [0.25, 0.3) is 0 Å². The van der Waals surface area contributed by atoms with Gasteiger partial charge in [0.2, 0.25) is 18.2 Å². The summed E-state index contributed by atoms with van der Waals surface area (Å²) < 4.78 is 5.47. The third-order valence-corrected chi connectivity index (χ3v) is 3.63. The summed E-state index contributed by atoms with van der Waals surface area (Å²) in [5.41, 5.74) is -0.272. The molecule has 1 aliphatic carbocycles. The van der Waals surface area contributed by atoms with Gasteiger partial charge in [-0.2, -0.15) is 0 Å². The van der Waals surface area contributed by atoms with Crippen molar-refractivity contribution >= 4 is 6.41 Å². The first-order valence-electron chi connectivity index (χ1n) is 5.30. The van der Waals surface area contributed by atoms with Gasteiger partial charge in [-0.25, -0.2) is 0 Å². The molecule has 2 atom stereocenters. The summed E-state index contributed by atoms with van der Waals surface area (Å²) in [6.07, 6.45) is 5.09. The minimum atomic E-state index is -0.272. The van der Waals surface area contributed by atoms with Gasteiger partial charge >= 0.3 is 0 Å². The van der Waals surface area contributed by atoms with Gasteiger partial charge in [-0.3, -0.25) is 4.79 Å². The van der Waals surface area contributed by atoms with Crippen LogP contribution in [0, 0.1) is 6.92 Å². The first kappa shape index (κ1) is 8.88. The Labute approximate surface area is 87.5 Å². The van der Waals surface area contributed by atoms with Gasteiger partial charge in [-0.1, -0.05) is 0 Å². The van der Waals surface area contributed by atoms with Crippen LogP contribution in [0.1, 0.15) is 37.5 Å². The predicted octanol–water partition coefficient (Wildman–Crippen LogP) is 0.988. The number of amides is 1. The number of rotatable bonds is 2. The smallest absolute Gasteiger partial charge is 0.242 e. The van der Waals surface area contributed by atoms with Gasteiger partial charge in [0.1, 0.15) is 5.54 Å². The summed E-state index contributed by atoms with van der Waals surface area (Å²) in [5.74, 6) is 1.18. The second-order valence-electron chi connectivity index (χ2n) is 4.42. The van der Waals surface area contributed by atoms with E-state index in [4.69, 9.17) is 4.42 Å². The number of carbonyl (C=O) groups is 1. The molecule has 1 aromatic rings. The first-order valence-corrected chi connectivity index (χ1v) is 5.30. The fraction of sp³-hybridized carbons (Fsp3) is 0.700. The Morgan fingerprint density at radius 1 is 1.60 bits per heavy atom. The van der Waals surface area contributed by atoms with E-state index < -0.39 is 0 Å². The lowest BCUT2D eigenvalue weighted by Crippen LogP contribution is -2.65. The zero-order valence-corrected chi connectivity index (χ0v) is 8.64. The van der Waals surface area contributed by atoms with Crippen molar-refractivity contribution < 1.29 is 9.21 Å². The second kappa shape index (κ2) is 2.81. The number of fused-ring (bicyclic) bond motifs is 2. The maximum atomic E-state index is 11.0. The molecule has 3 heterocycles. The van der Waals surface area contributed by atoms with Crippen molar-refractivity contribution in [2.75, 3.05) is 0 Å². The van der Waals surface area contributed by atoms with Crippen molar-refractivity contribution in [1.82, 2.24) is 15.1 Å². The lowest BCUT2D eigenvalue weighted by Gasteiger charge is -2.58.